The standard InChI is InChI=1S/C17H16FNO5S/c18-12-5-7-13(8-6-12)25(21,22)10-9-19-17(20)16-11-23-14-3-1-2-4-15(14)24-16/h1-8,16H,9-11H2,(H,19,20)/t16-/m0/s1. The van der Waals surface area contributed by atoms with E-state index in [0.29, 0.717) is 11.5 Å². The lowest BCUT2D eigenvalue weighted by Crippen LogP contribution is -2.45. The Kier molecular flexibility index (Phi) is 4.89. The molecular formula is C17H16FNO5S. The van der Waals surface area contributed by atoms with Crippen molar-refractivity contribution in [1.29, 1.82) is 0 Å². The van der Waals surface area contributed by atoms with Crippen LogP contribution >= 0.6 is 0 Å². The molecule has 6 nitrogen and oxygen atoms in total. The van der Waals surface area contributed by atoms with Crippen molar-refractivity contribution in [2.45, 2.75) is 11.0 Å². The molecule has 0 radical (unpaired) electrons. The van der Waals surface area contributed by atoms with Gasteiger partial charge < -0.3 is 14.8 Å². The van der Waals surface area contributed by atoms with Crippen LogP contribution in [0.15, 0.2) is 53.4 Å². The molecule has 2 aromatic rings. The summed E-state index contributed by atoms with van der Waals surface area (Å²) in [5.41, 5.74) is 0. The first-order chi connectivity index (χ1) is 12.0. The molecule has 3 rings (SSSR count). The van der Waals surface area contributed by atoms with Crippen molar-refractivity contribution in [3.63, 3.8) is 0 Å². The molecule has 1 amide bonds. The zero-order valence-electron chi connectivity index (χ0n) is 13.1. The van der Waals surface area contributed by atoms with Gasteiger partial charge in [-0.25, -0.2) is 12.8 Å². The Hall–Kier alpha value is -2.61. The molecule has 1 aliphatic rings. The van der Waals surface area contributed by atoms with Gasteiger partial charge in [-0.05, 0) is 36.4 Å². The van der Waals surface area contributed by atoms with Crippen molar-refractivity contribution in [3.8, 4) is 11.5 Å². The number of hydrogen-bond donors (Lipinski definition) is 1. The van der Waals surface area contributed by atoms with Gasteiger partial charge in [0, 0.05) is 6.54 Å². The lowest BCUT2D eigenvalue weighted by Gasteiger charge is -2.25. The van der Waals surface area contributed by atoms with Crippen molar-refractivity contribution in [2.24, 2.45) is 0 Å². The average molecular weight is 365 g/mol. The second-order valence-electron chi connectivity index (χ2n) is 5.43. The molecular weight excluding hydrogens is 349 g/mol. The summed E-state index contributed by atoms with van der Waals surface area (Å²) in [7, 11) is -3.61. The number of para-hydroxylation sites is 2. The number of carbonyl (C=O) groups is 1. The van der Waals surface area contributed by atoms with E-state index < -0.39 is 27.7 Å². The summed E-state index contributed by atoms with van der Waals surface area (Å²) in [5.74, 6) is -0.238. The summed E-state index contributed by atoms with van der Waals surface area (Å²) < 4.78 is 48.1. The smallest absolute Gasteiger partial charge is 0.264 e. The third-order valence-electron chi connectivity index (χ3n) is 3.64. The molecule has 1 aliphatic heterocycles. The van der Waals surface area contributed by atoms with E-state index in [0.717, 1.165) is 12.1 Å². The highest BCUT2D eigenvalue weighted by Crippen LogP contribution is 2.30. The van der Waals surface area contributed by atoms with Gasteiger partial charge in [0.25, 0.3) is 5.91 Å². The van der Waals surface area contributed by atoms with Gasteiger partial charge in [0.1, 0.15) is 12.4 Å². The fourth-order valence-electron chi connectivity index (χ4n) is 2.33. The van der Waals surface area contributed by atoms with Gasteiger partial charge in [-0.3, -0.25) is 4.79 Å². The maximum atomic E-state index is 12.9. The van der Waals surface area contributed by atoms with Crippen LogP contribution in [0.25, 0.3) is 0 Å². The van der Waals surface area contributed by atoms with Gasteiger partial charge >= 0.3 is 0 Å². The highest BCUT2D eigenvalue weighted by Gasteiger charge is 2.27. The molecule has 0 saturated carbocycles. The van der Waals surface area contributed by atoms with Crippen LogP contribution in [0.1, 0.15) is 0 Å². The highest BCUT2D eigenvalue weighted by atomic mass is 32.2. The van der Waals surface area contributed by atoms with Crippen LogP contribution in [0.5, 0.6) is 11.5 Å². The minimum Gasteiger partial charge on any atom is -0.485 e. The van der Waals surface area contributed by atoms with Crippen LogP contribution < -0.4 is 14.8 Å². The molecule has 0 aliphatic carbocycles. The van der Waals surface area contributed by atoms with E-state index >= 15 is 0 Å². The number of amides is 1. The summed E-state index contributed by atoms with van der Waals surface area (Å²) in [6.45, 7) is -0.0341. The Morgan fingerprint density at radius 1 is 1.12 bits per heavy atom. The number of sulfone groups is 1. The summed E-state index contributed by atoms with van der Waals surface area (Å²) in [5, 5.41) is 2.52. The van der Waals surface area contributed by atoms with E-state index in [1.165, 1.54) is 12.1 Å². The zero-order valence-corrected chi connectivity index (χ0v) is 14.0. The van der Waals surface area contributed by atoms with Crippen molar-refractivity contribution in [1.82, 2.24) is 5.32 Å². The Bertz CT molecular complexity index is 867. The summed E-state index contributed by atoms with van der Waals surface area (Å²) >= 11 is 0. The van der Waals surface area contributed by atoms with Crippen LogP contribution in [0.3, 0.4) is 0 Å². The predicted molar refractivity (Wildman–Crippen MR) is 87.8 cm³/mol. The zero-order chi connectivity index (χ0) is 17.9. The predicted octanol–water partition coefficient (Wildman–Crippen LogP) is 1.56. The molecule has 25 heavy (non-hydrogen) atoms. The fraction of sp³-hybridized carbons (Fsp3) is 0.235. The van der Waals surface area contributed by atoms with Crippen LogP contribution in [0.4, 0.5) is 4.39 Å². The molecule has 1 heterocycles. The second kappa shape index (κ2) is 7.10. The lowest BCUT2D eigenvalue weighted by atomic mass is 10.2. The number of ether oxygens (including phenoxy) is 2. The second-order valence-corrected chi connectivity index (χ2v) is 7.54. The third-order valence-corrected chi connectivity index (χ3v) is 5.38. The van der Waals surface area contributed by atoms with Gasteiger partial charge in [-0.15, -0.1) is 0 Å². The number of fused-ring (bicyclic) bond motifs is 1. The molecule has 132 valence electrons. The van der Waals surface area contributed by atoms with Crippen LogP contribution in [0, 0.1) is 5.82 Å². The van der Waals surface area contributed by atoms with Crippen LogP contribution in [-0.2, 0) is 14.6 Å². The molecule has 0 fully saturated rings. The molecule has 0 bridgehead atoms. The first-order valence-corrected chi connectivity index (χ1v) is 9.25. The number of hydrogen-bond acceptors (Lipinski definition) is 5. The molecule has 1 atom stereocenters. The highest BCUT2D eigenvalue weighted by molar-refractivity contribution is 7.91. The van der Waals surface area contributed by atoms with Gasteiger partial charge in [0.05, 0.1) is 10.6 Å². The first kappa shape index (κ1) is 17.2. The molecule has 0 saturated heterocycles. The summed E-state index contributed by atoms with van der Waals surface area (Å²) in [4.78, 5) is 12.1. The van der Waals surface area contributed by atoms with E-state index in [4.69, 9.17) is 9.47 Å². The van der Waals surface area contributed by atoms with E-state index in [1.807, 2.05) is 0 Å². The minimum absolute atomic E-state index is 0.00864. The maximum Gasteiger partial charge on any atom is 0.264 e. The van der Waals surface area contributed by atoms with E-state index in [2.05, 4.69) is 5.32 Å². The number of rotatable bonds is 5. The maximum absolute atomic E-state index is 12.9. The Balaban J connectivity index is 1.54. The van der Waals surface area contributed by atoms with Gasteiger partial charge in [0.15, 0.2) is 21.3 Å². The Morgan fingerprint density at radius 3 is 2.52 bits per heavy atom. The fourth-order valence-corrected chi connectivity index (χ4v) is 3.49. The molecule has 8 heteroatoms. The van der Waals surface area contributed by atoms with Crippen LogP contribution in [-0.4, -0.2) is 39.3 Å². The Labute approximate surface area is 144 Å². The number of carbonyl (C=O) groups excluding carboxylic acids is 1. The Morgan fingerprint density at radius 2 is 1.80 bits per heavy atom. The lowest BCUT2D eigenvalue weighted by molar-refractivity contribution is -0.130. The molecule has 1 N–H and O–H groups in total. The summed E-state index contributed by atoms with van der Waals surface area (Å²) in [6.07, 6.45) is -0.844. The summed E-state index contributed by atoms with van der Waals surface area (Å²) in [6, 6.07) is 11.5. The third kappa shape index (κ3) is 4.08. The van der Waals surface area contributed by atoms with Crippen LogP contribution in [0.2, 0.25) is 0 Å². The SMILES string of the molecule is O=C(NCCS(=O)(=O)c1ccc(F)cc1)[C@@H]1COc2ccccc2O1. The molecule has 2 aromatic carbocycles. The van der Waals surface area contributed by atoms with E-state index in [1.54, 1.807) is 24.3 Å². The topological polar surface area (TPSA) is 81.7 Å². The van der Waals surface area contributed by atoms with Crippen molar-refractivity contribution in [2.75, 3.05) is 18.9 Å². The number of benzene rings is 2. The van der Waals surface area contributed by atoms with E-state index in [-0.39, 0.29) is 23.8 Å². The molecule has 0 aromatic heterocycles. The first-order valence-electron chi connectivity index (χ1n) is 7.60. The molecule has 0 spiro atoms. The quantitative estimate of drug-likeness (QED) is 0.813. The normalized spacial score (nSPS) is 16.3. The van der Waals surface area contributed by atoms with Gasteiger partial charge in [0.2, 0.25) is 6.10 Å². The largest absolute Gasteiger partial charge is 0.485 e. The van der Waals surface area contributed by atoms with Crippen molar-refractivity contribution < 1.29 is 27.1 Å². The average Bonchev–Trinajstić information content (AvgIpc) is 2.61. The van der Waals surface area contributed by atoms with Crippen molar-refractivity contribution >= 4 is 15.7 Å². The minimum atomic E-state index is -3.61. The van der Waals surface area contributed by atoms with Gasteiger partial charge in [-0.1, -0.05) is 12.1 Å². The monoisotopic (exact) mass is 365 g/mol. The van der Waals surface area contributed by atoms with Crippen molar-refractivity contribution in [3.05, 3.63) is 54.3 Å². The van der Waals surface area contributed by atoms with E-state index in [9.17, 15) is 17.6 Å². The number of nitrogens with one attached hydrogen (secondary N) is 1. The van der Waals surface area contributed by atoms with Gasteiger partial charge in [-0.2, -0.15) is 0 Å². The molecule has 0 unspecified atom stereocenters. The number of halogens is 1.